The number of benzene rings is 1. The smallest absolute Gasteiger partial charge is 0.305 e. The van der Waals surface area contributed by atoms with Gasteiger partial charge in [-0.25, -0.2) is 0 Å². The summed E-state index contributed by atoms with van der Waals surface area (Å²) in [4.78, 5) is 12.9. The highest BCUT2D eigenvalue weighted by Crippen LogP contribution is 2.41. The molecule has 1 saturated carbocycles. The monoisotopic (exact) mass is 538 g/mol. The van der Waals surface area contributed by atoms with Crippen LogP contribution in [0.15, 0.2) is 30.3 Å². The van der Waals surface area contributed by atoms with E-state index < -0.39 is 49.5 Å². The number of aliphatic hydroxyl groups excluding tert-OH is 6. The summed E-state index contributed by atoms with van der Waals surface area (Å²) in [5, 5.41) is 60.8. The maximum absolute atomic E-state index is 11.9. The van der Waals surface area contributed by atoms with Crippen LogP contribution in [0.2, 0.25) is 0 Å². The first kappa shape index (κ1) is 30.0. The van der Waals surface area contributed by atoms with Crippen LogP contribution in [-0.4, -0.2) is 75.2 Å². The molecule has 5 atom stereocenters. The average Bonchev–Trinajstić information content (AvgIpc) is 3.46. The van der Waals surface area contributed by atoms with E-state index in [1.807, 2.05) is 30.3 Å². The molecule has 2 aromatic rings. The van der Waals surface area contributed by atoms with Crippen molar-refractivity contribution in [3.8, 4) is 0 Å². The lowest BCUT2D eigenvalue weighted by Gasteiger charge is -2.26. The zero-order chi connectivity index (χ0) is 26.8. The van der Waals surface area contributed by atoms with Crippen LogP contribution in [0.1, 0.15) is 68.8 Å². The van der Waals surface area contributed by atoms with E-state index in [1.165, 1.54) is 0 Å². The van der Waals surface area contributed by atoms with Gasteiger partial charge in [-0.2, -0.15) is 0 Å². The van der Waals surface area contributed by atoms with Crippen molar-refractivity contribution in [3.05, 3.63) is 35.2 Å². The van der Waals surface area contributed by atoms with E-state index >= 15 is 0 Å². The lowest BCUT2D eigenvalue weighted by atomic mass is 9.84. The van der Waals surface area contributed by atoms with E-state index in [4.69, 9.17) is 4.74 Å². The third-order valence-corrected chi connectivity index (χ3v) is 9.00. The lowest BCUT2D eigenvalue weighted by Crippen LogP contribution is -2.39. The van der Waals surface area contributed by atoms with E-state index in [0.29, 0.717) is 25.7 Å². The molecule has 3 rings (SSSR count). The number of carbonyl (C=O) groups excluding carboxylic acids is 1. The van der Waals surface area contributed by atoms with Gasteiger partial charge in [0.2, 0.25) is 0 Å². The van der Waals surface area contributed by atoms with Gasteiger partial charge in [-0.3, -0.25) is 4.79 Å². The Hall–Kier alpha value is -1.59. The molecule has 37 heavy (non-hydrogen) atoms. The van der Waals surface area contributed by atoms with Gasteiger partial charge in [0.15, 0.2) is 0 Å². The standard InChI is InChI=1S/C28H42O8S/c29-15-28(16-30,17-31)18-36-27(35)10-4-2-1-3-8-20-21(24(34)14-23(20)33)11-12-22(32)26-13-19-7-5-6-9-25(19)37-26/h5-7,9,13,20-24,29-34H,1-4,8,10-12,14-18H2/t20-,21-,22-,23-,24-/m1/s1. The molecule has 0 radical (unpaired) electrons. The Morgan fingerprint density at radius 1 is 0.973 bits per heavy atom. The minimum Gasteiger partial charge on any atom is -0.465 e. The molecule has 1 aromatic carbocycles. The molecule has 8 nitrogen and oxygen atoms in total. The minimum absolute atomic E-state index is 0.00172. The molecular weight excluding hydrogens is 496 g/mol. The Morgan fingerprint density at radius 2 is 1.62 bits per heavy atom. The molecule has 0 saturated heterocycles. The van der Waals surface area contributed by atoms with E-state index in [-0.39, 0.29) is 24.9 Å². The number of thiophene rings is 1. The second-order valence-electron chi connectivity index (χ2n) is 10.6. The van der Waals surface area contributed by atoms with Crippen LogP contribution in [-0.2, 0) is 9.53 Å². The number of rotatable bonds is 16. The topological polar surface area (TPSA) is 148 Å². The van der Waals surface area contributed by atoms with Gasteiger partial charge in [-0.05, 0) is 61.5 Å². The van der Waals surface area contributed by atoms with Gasteiger partial charge in [0, 0.05) is 16.0 Å². The van der Waals surface area contributed by atoms with Gasteiger partial charge in [-0.15, -0.1) is 11.3 Å². The summed E-state index contributed by atoms with van der Waals surface area (Å²) in [6.07, 6.45) is 4.13. The first-order chi connectivity index (χ1) is 17.8. The molecule has 9 heteroatoms. The highest BCUT2D eigenvalue weighted by Gasteiger charge is 2.41. The van der Waals surface area contributed by atoms with Gasteiger partial charge in [-0.1, -0.05) is 37.5 Å². The minimum atomic E-state index is -1.22. The molecule has 0 unspecified atom stereocenters. The van der Waals surface area contributed by atoms with Gasteiger partial charge in [0.1, 0.15) is 6.61 Å². The van der Waals surface area contributed by atoms with Crippen LogP contribution in [0.5, 0.6) is 0 Å². The van der Waals surface area contributed by atoms with Crippen molar-refractivity contribution >= 4 is 27.4 Å². The van der Waals surface area contributed by atoms with Gasteiger partial charge < -0.3 is 35.4 Å². The van der Waals surface area contributed by atoms with Gasteiger partial charge in [0.05, 0.1) is 43.5 Å². The van der Waals surface area contributed by atoms with Gasteiger partial charge in [0.25, 0.3) is 0 Å². The summed E-state index contributed by atoms with van der Waals surface area (Å²) in [7, 11) is 0. The largest absolute Gasteiger partial charge is 0.465 e. The van der Waals surface area contributed by atoms with Crippen LogP contribution in [0, 0.1) is 17.3 Å². The van der Waals surface area contributed by atoms with Crippen LogP contribution < -0.4 is 0 Å². The fraction of sp³-hybridized carbons (Fsp3) is 0.679. The highest BCUT2D eigenvalue weighted by molar-refractivity contribution is 7.19. The maximum Gasteiger partial charge on any atom is 0.305 e. The van der Waals surface area contributed by atoms with Crippen molar-refractivity contribution in [1.29, 1.82) is 0 Å². The molecule has 1 heterocycles. The zero-order valence-corrected chi connectivity index (χ0v) is 22.2. The fourth-order valence-electron chi connectivity index (χ4n) is 5.24. The van der Waals surface area contributed by atoms with E-state index in [2.05, 4.69) is 0 Å². The van der Waals surface area contributed by atoms with Crippen molar-refractivity contribution < 1.29 is 40.2 Å². The maximum atomic E-state index is 11.9. The first-order valence-electron chi connectivity index (χ1n) is 13.3. The fourth-order valence-corrected chi connectivity index (χ4v) is 6.32. The summed E-state index contributed by atoms with van der Waals surface area (Å²) in [6, 6.07) is 10.1. The van der Waals surface area contributed by atoms with E-state index in [9.17, 15) is 35.4 Å². The second-order valence-corrected chi connectivity index (χ2v) is 11.7. The first-order valence-corrected chi connectivity index (χ1v) is 14.1. The average molecular weight is 539 g/mol. The third-order valence-electron chi connectivity index (χ3n) is 7.78. The summed E-state index contributed by atoms with van der Waals surface area (Å²) in [5.74, 6) is -0.469. The number of unbranched alkanes of at least 4 members (excludes halogenated alkanes) is 3. The number of esters is 1. The Bertz CT molecular complexity index is 917. The lowest BCUT2D eigenvalue weighted by molar-refractivity contribution is -0.151. The van der Waals surface area contributed by atoms with E-state index in [0.717, 1.165) is 40.6 Å². The molecule has 208 valence electrons. The SMILES string of the molecule is O=C(CCCCCC[C@@H]1[C@@H](CC[C@@H](O)c2cc3ccccc3s2)[C@H](O)C[C@H]1O)OCC(CO)(CO)CO. The van der Waals surface area contributed by atoms with Crippen molar-refractivity contribution in [2.24, 2.45) is 17.3 Å². The highest BCUT2D eigenvalue weighted by atomic mass is 32.1. The number of carbonyl (C=O) groups is 1. The molecule has 0 amide bonds. The Morgan fingerprint density at radius 3 is 2.30 bits per heavy atom. The Balaban J connectivity index is 1.36. The quantitative estimate of drug-likeness (QED) is 0.141. The number of hydrogen-bond acceptors (Lipinski definition) is 9. The molecule has 1 aliphatic rings. The summed E-state index contributed by atoms with van der Waals surface area (Å²) >= 11 is 1.59. The third kappa shape index (κ3) is 8.20. The predicted molar refractivity (Wildman–Crippen MR) is 142 cm³/mol. The van der Waals surface area contributed by atoms with Crippen LogP contribution in [0.25, 0.3) is 10.1 Å². The zero-order valence-electron chi connectivity index (χ0n) is 21.4. The summed E-state index contributed by atoms with van der Waals surface area (Å²) in [5.41, 5.74) is -1.22. The number of ether oxygens (including phenoxy) is 1. The number of hydrogen-bond donors (Lipinski definition) is 6. The van der Waals surface area contributed by atoms with Crippen molar-refractivity contribution in [3.63, 3.8) is 0 Å². The normalized spacial score (nSPS) is 23.0. The number of aliphatic hydroxyl groups is 6. The number of fused-ring (bicyclic) bond motifs is 1. The molecule has 0 bridgehead atoms. The molecule has 6 N–H and O–H groups in total. The predicted octanol–water partition coefficient (Wildman–Crippen LogP) is 2.92. The van der Waals surface area contributed by atoms with Gasteiger partial charge >= 0.3 is 5.97 Å². The Kier molecular flexibility index (Phi) is 11.8. The van der Waals surface area contributed by atoms with Crippen molar-refractivity contribution in [2.75, 3.05) is 26.4 Å². The Labute approximate surface area is 222 Å². The van der Waals surface area contributed by atoms with Crippen LogP contribution in [0.4, 0.5) is 0 Å². The second kappa shape index (κ2) is 14.5. The van der Waals surface area contributed by atoms with Crippen molar-refractivity contribution in [1.82, 2.24) is 0 Å². The molecule has 1 aromatic heterocycles. The molecule has 0 aliphatic heterocycles. The summed E-state index contributed by atoms with van der Waals surface area (Å²) < 4.78 is 6.25. The van der Waals surface area contributed by atoms with E-state index in [1.54, 1.807) is 11.3 Å². The summed E-state index contributed by atoms with van der Waals surface area (Å²) in [6.45, 7) is -1.64. The molecule has 1 aliphatic carbocycles. The molecule has 0 spiro atoms. The van der Waals surface area contributed by atoms with Crippen LogP contribution in [0.3, 0.4) is 0 Å². The van der Waals surface area contributed by atoms with Crippen LogP contribution >= 0.6 is 11.3 Å². The molecular formula is C28H42O8S. The molecule has 1 fully saturated rings. The van der Waals surface area contributed by atoms with Crippen molar-refractivity contribution in [2.45, 2.75) is 76.1 Å².